The molecule has 3 aromatic rings. The molecule has 0 N–H and O–H groups in total. The molecule has 0 aliphatic carbocycles. The van der Waals surface area contributed by atoms with E-state index < -0.39 is 26.2 Å². The Balaban J connectivity index is 2.31. The van der Waals surface area contributed by atoms with E-state index in [-0.39, 0.29) is 28.7 Å². The zero-order chi connectivity index (χ0) is 19.1. The van der Waals surface area contributed by atoms with Gasteiger partial charge in [-0.3, -0.25) is 4.57 Å². The number of methoxy groups -OCH3 is 1. The van der Waals surface area contributed by atoms with Gasteiger partial charge in [-0.1, -0.05) is 11.3 Å². The molecule has 0 radical (unpaired) electrons. The minimum Gasteiger partial charge on any atom is -0.383 e. The highest BCUT2D eigenvalue weighted by atomic mass is 35.7. The van der Waals surface area contributed by atoms with Gasteiger partial charge in [0.1, 0.15) is 0 Å². The summed E-state index contributed by atoms with van der Waals surface area (Å²) in [6.07, 6.45) is -2.84. The number of aromatic nitrogens is 4. The van der Waals surface area contributed by atoms with Crippen LogP contribution in [0.2, 0.25) is 0 Å². The zero-order valence-electron chi connectivity index (χ0n) is 13.1. The zero-order valence-corrected chi connectivity index (χ0v) is 15.5. The molecular weight excluding hydrogens is 414 g/mol. The largest absolute Gasteiger partial charge is 0.383 e. The number of benzene rings is 1. The first-order chi connectivity index (χ1) is 12.2. The van der Waals surface area contributed by atoms with Crippen LogP contribution in [-0.2, 0) is 20.3 Å². The Labute approximate surface area is 154 Å². The average molecular weight is 425 g/mol. The predicted octanol–water partition coefficient (Wildman–Crippen LogP) is 2.16. The Kier molecular flexibility index (Phi) is 5.10. The normalized spacial score (nSPS) is 12.3. The van der Waals surface area contributed by atoms with Crippen molar-refractivity contribution in [3.8, 4) is 5.13 Å². The Morgan fingerprint density at radius 1 is 1.31 bits per heavy atom. The van der Waals surface area contributed by atoms with Crippen molar-refractivity contribution in [2.24, 2.45) is 0 Å². The Bertz CT molecular complexity index is 1120. The lowest BCUT2D eigenvalue weighted by atomic mass is 10.3. The minimum atomic E-state index is -4.05. The Morgan fingerprint density at radius 3 is 2.62 bits per heavy atom. The first-order valence-corrected chi connectivity index (χ1v) is 10.2. The van der Waals surface area contributed by atoms with Crippen LogP contribution >= 0.6 is 22.0 Å². The van der Waals surface area contributed by atoms with Crippen molar-refractivity contribution in [1.29, 1.82) is 0 Å². The smallest absolute Gasteiger partial charge is 0.335 e. The SMILES string of the molecule is COCCn1c(=O)n(-c2nnc(C(F)F)s2)c2cc(S(=O)(=O)Cl)ccc21. The number of fused-ring (bicyclic) bond motifs is 1. The van der Waals surface area contributed by atoms with Crippen molar-refractivity contribution >= 4 is 42.1 Å². The summed E-state index contributed by atoms with van der Waals surface area (Å²) in [6, 6.07) is 3.85. The second-order valence-corrected chi connectivity index (χ2v) is 8.63. The second-order valence-electron chi connectivity index (χ2n) is 5.07. The van der Waals surface area contributed by atoms with Gasteiger partial charge >= 0.3 is 5.69 Å². The maximum atomic E-state index is 12.8. The van der Waals surface area contributed by atoms with E-state index in [1.165, 1.54) is 29.9 Å². The third kappa shape index (κ3) is 3.37. The summed E-state index contributed by atoms with van der Waals surface area (Å²) < 4.78 is 56.1. The van der Waals surface area contributed by atoms with Crippen LogP contribution in [0.15, 0.2) is 27.9 Å². The number of nitrogens with zero attached hydrogens (tertiary/aromatic N) is 4. The van der Waals surface area contributed by atoms with Crippen LogP contribution in [-0.4, -0.2) is 41.5 Å². The molecule has 0 saturated heterocycles. The summed E-state index contributed by atoms with van der Waals surface area (Å²) in [5.74, 6) is 0. The third-order valence-corrected chi connectivity index (χ3v) is 5.78. The highest BCUT2D eigenvalue weighted by molar-refractivity contribution is 8.13. The van der Waals surface area contributed by atoms with Gasteiger partial charge in [0.05, 0.1) is 29.1 Å². The summed E-state index contributed by atoms with van der Waals surface area (Å²) in [5.41, 5.74) is -0.0483. The first-order valence-electron chi connectivity index (χ1n) is 7.05. The van der Waals surface area contributed by atoms with Crippen molar-refractivity contribution in [2.45, 2.75) is 17.9 Å². The van der Waals surface area contributed by atoms with E-state index in [0.29, 0.717) is 16.9 Å². The maximum Gasteiger partial charge on any atom is 0.335 e. The second kappa shape index (κ2) is 7.02. The molecule has 0 spiro atoms. The van der Waals surface area contributed by atoms with Gasteiger partial charge in [0.15, 0.2) is 5.01 Å². The van der Waals surface area contributed by atoms with E-state index in [1.54, 1.807) is 0 Å². The molecule has 140 valence electrons. The number of alkyl halides is 2. The Hall–Kier alpha value is -1.89. The summed E-state index contributed by atoms with van der Waals surface area (Å²) in [4.78, 5) is 12.5. The highest BCUT2D eigenvalue weighted by Gasteiger charge is 2.22. The first kappa shape index (κ1) is 18.9. The quantitative estimate of drug-likeness (QED) is 0.562. The van der Waals surface area contributed by atoms with E-state index >= 15 is 0 Å². The molecule has 0 saturated carbocycles. The summed E-state index contributed by atoms with van der Waals surface area (Å²) in [7, 11) is 2.78. The van der Waals surface area contributed by atoms with Gasteiger partial charge < -0.3 is 4.74 Å². The fraction of sp³-hybridized carbons (Fsp3) is 0.308. The van der Waals surface area contributed by atoms with E-state index in [2.05, 4.69) is 10.2 Å². The van der Waals surface area contributed by atoms with Gasteiger partial charge in [0.2, 0.25) is 5.13 Å². The average Bonchev–Trinajstić information content (AvgIpc) is 3.14. The number of hydrogen-bond acceptors (Lipinski definition) is 7. The monoisotopic (exact) mass is 424 g/mol. The fourth-order valence-corrected chi connectivity index (χ4v) is 3.86. The van der Waals surface area contributed by atoms with E-state index in [9.17, 15) is 22.0 Å². The van der Waals surface area contributed by atoms with Crippen LogP contribution in [0, 0.1) is 0 Å². The topological polar surface area (TPSA) is 96.1 Å². The van der Waals surface area contributed by atoms with Gasteiger partial charge in [-0.2, -0.15) is 0 Å². The number of hydrogen-bond donors (Lipinski definition) is 0. The van der Waals surface area contributed by atoms with E-state index in [4.69, 9.17) is 15.4 Å². The van der Waals surface area contributed by atoms with Crippen molar-refractivity contribution in [2.75, 3.05) is 13.7 Å². The van der Waals surface area contributed by atoms with E-state index in [1.807, 2.05) is 0 Å². The summed E-state index contributed by atoms with van der Waals surface area (Å²) in [6.45, 7) is 0.388. The van der Waals surface area contributed by atoms with Gasteiger partial charge in [0, 0.05) is 17.8 Å². The van der Waals surface area contributed by atoms with Gasteiger partial charge in [0.25, 0.3) is 15.5 Å². The van der Waals surface area contributed by atoms with Crippen molar-refractivity contribution < 1.29 is 21.9 Å². The van der Waals surface area contributed by atoms with Crippen LogP contribution in [0.3, 0.4) is 0 Å². The molecule has 0 unspecified atom stereocenters. The molecule has 0 amide bonds. The molecular formula is C13H11ClF2N4O4S2. The van der Waals surface area contributed by atoms with Crippen LogP contribution in [0.5, 0.6) is 0 Å². The van der Waals surface area contributed by atoms with Crippen molar-refractivity contribution in [3.63, 3.8) is 0 Å². The summed E-state index contributed by atoms with van der Waals surface area (Å²) >= 11 is 0.537. The molecule has 0 fully saturated rings. The molecule has 0 aliphatic rings. The Morgan fingerprint density at radius 2 is 2.04 bits per heavy atom. The number of imidazole rings is 1. The molecule has 2 aromatic heterocycles. The lowest BCUT2D eigenvalue weighted by Crippen LogP contribution is -2.24. The minimum absolute atomic E-state index is 0.101. The number of halogens is 3. The maximum absolute atomic E-state index is 12.8. The molecule has 3 rings (SSSR count). The lowest BCUT2D eigenvalue weighted by Gasteiger charge is -2.02. The molecule has 2 heterocycles. The highest BCUT2D eigenvalue weighted by Crippen LogP contribution is 2.28. The third-order valence-electron chi connectivity index (χ3n) is 3.51. The molecule has 1 aromatic carbocycles. The van der Waals surface area contributed by atoms with Crippen molar-refractivity contribution in [3.05, 3.63) is 33.7 Å². The predicted molar refractivity (Wildman–Crippen MR) is 90.9 cm³/mol. The van der Waals surface area contributed by atoms with Crippen LogP contribution in [0.1, 0.15) is 11.4 Å². The van der Waals surface area contributed by atoms with Gasteiger partial charge in [-0.25, -0.2) is 26.6 Å². The number of ether oxygens (including phenoxy) is 1. The molecule has 13 heteroatoms. The van der Waals surface area contributed by atoms with Gasteiger partial charge in [-0.05, 0) is 18.2 Å². The van der Waals surface area contributed by atoms with Gasteiger partial charge in [-0.15, -0.1) is 10.2 Å². The summed E-state index contributed by atoms with van der Waals surface area (Å²) in [5, 5.41) is 6.34. The van der Waals surface area contributed by atoms with E-state index in [0.717, 1.165) is 4.57 Å². The molecule has 0 bridgehead atoms. The fourth-order valence-electron chi connectivity index (χ4n) is 2.38. The van der Waals surface area contributed by atoms with Crippen LogP contribution in [0.25, 0.3) is 16.2 Å². The standard InChI is InChI=1S/C13H11ClF2N4O4S2/c1-24-5-4-19-8-3-2-7(26(14,22)23)6-9(8)20(13(19)21)12-18-17-11(25-12)10(15)16/h2-3,6,10H,4-5H2,1H3. The molecule has 8 nitrogen and oxygen atoms in total. The molecule has 26 heavy (non-hydrogen) atoms. The van der Waals surface area contributed by atoms with Crippen LogP contribution in [0.4, 0.5) is 8.78 Å². The van der Waals surface area contributed by atoms with Crippen LogP contribution < -0.4 is 5.69 Å². The molecule has 0 atom stereocenters. The lowest BCUT2D eigenvalue weighted by molar-refractivity contribution is 0.150. The number of rotatable bonds is 6. The molecule has 0 aliphatic heterocycles. The van der Waals surface area contributed by atoms with Crippen molar-refractivity contribution in [1.82, 2.24) is 19.3 Å².